The Morgan fingerprint density at radius 3 is 2.50 bits per heavy atom. The van der Waals surface area contributed by atoms with Gasteiger partial charge in [-0.05, 0) is 30.7 Å². The van der Waals surface area contributed by atoms with Crippen LogP contribution in [-0.4, -0.2) is 16.7 Å². The molecule has 0 saturated carbocycles. The van der Waals surface area contributed by atoms with Crippen LogP contribution in [0.2, 0.25) is 10.0 Å². The fraction of sp³-hybridized carbons (Fsp3) is 0.385. The first-order valence-electron chi connectivity index (χ1n) is 6.29. The third-order valence-electron chi connectivity index (χ3n) is 2.41. The summed E-state index contributed by atoms with van der Waals surface area (Å²) in [5, 5.41) is 15.1. The van der Waals surface area contributed by atoms with Gasteiger partial charge in [0, 0.05) is 15.7 Å². The quantitative estimate of drug-likeness (QED) is 0.847. The predicted molar refractivity (Wildman–Crippen MR) is 80.6 cm³/mol. The molecule has 0 unspecified atom stereocenters. The maximum Gasteiger partial charge on any atom is 0.320 e. The van der Waals surface area contributed by atoms with Gasteiger partial charge >= 0.3 is 6.01 Å². The molecule has 2 rings (SSSR count). The van der Waals surface area contributed by atoms with E-state index in [9.17, 15) is 0 Å². The minimum absolute atomic E-state index is 0.310. The van der Waals surface area contributed by atoms with Gasteiger partial charge in [-0.25, -0.2) is 0 Å². The van der Waals surface area contributed by atoms with Gasteiger partial charge in [0.05, 0.1) is 6.54 Å². The zero-order valence-electron chi connectivity index (χ0n) is 11.3. The van der Waals surface area contributed by atoms with Gasteiger partial charge in [0.15, 0.2) is 0 Å². The second-order valence-electron chi connectivity index (χ2n) is 4.81. The Morgan fingerprint density at radius 2 is 1.85 bits per heavy atom. The van der Waals surface area contributed by atoms with Crippen LogP contribution < -0.4 is 10.6 Å². The Hall–Kier alpha value is -1.30. The summed E-state index contributed by atoms with van der Waals surface area (Å²) in [6.45, 7) is 5.71. The molecule has 1 heterocycles. The SMILES string of the molecule is CC(C)CNCc1nnc(Nc2cc(Cl)cc(Cl)c2)o1. The second kappa shape index (κ2) is 6.92. The lowest BCUT2D eigenvalue weighted by molar-refractivity contribution is 0.460. The Balaban J connectivity index is 1.95. The highest BCUT2D eigenvalue weighted by molar-refractivity contribution is 6.35. The summed E-state index contributed by atoms with van der Waals surface area (Å²) in [6.07, 6.45) is 0. The van der Waals surface area contributed by atoms with Crippen molar-refractivity contribution in [2.45, 2.75) is 20.4 Å². The van der Waals surface area contributed by atoms with Crippen LogP contribution in [0.25, 0.3) is 0 Å². The highest BCUT2D eigenvalue weighted by atomic mass is 35.5. The van der Waals surface area contributed by atoms with Crippen LogP contribution >= 0.6 is 23.2 Å². The first-order chi connectivity index (χ1) is 9.52. The summed E-state index contributed by atoms with van der Waals surface area (Å²) in [6, 6.07) is 5.43. The Kier molecular flexibility index (Phi) is 5.23. The van der Waals surface area contributed by atoms with E-state index in [0.717, 1.165) is 6.54 Å². The van der Waals surface area contributed by atoms with Gasteiger partial charge in [-0.2, -0.15) is 0 Å². The third-order valence-corrected chi connectivity index (χ3v) is 2.85. The van der Waals surface area contributed by atoms with E-state index in [2.05, 4.69) is 34.7 Å². The van der Waals surface area contributed by atoms with Crippen molar-refractivity contribution in [3.63, 3.8) is 0 Å². The number of nitrogens with zero attached hydrogens (tertiary/aromatic N) is 2. The standard InChI is InChI=1S/C13H16Cl2N4O/c1-8(2)6-16-7-12-18-19-13(20-12)17-11-4-9(14)3-10(15)5-11/h3-5,8,16H,6-7H2,1-2H3,(H,17,19). The van der Waals surface area contributed by atoms with Gasteiger partial charge in [-0.1, -0.05) is 42.1 Å². The van der Waals surface area contributed by atoms with Gasteiger partial charge in [0.1, 0.15) is 0 Å². The van der Waals surface area contributed by atoms with Crippen LogP contribution in [0.1, 0.15) is 19.7 Å². The van der Waals surface area contributed by atoms with E-state index in [1.807, 2.05) is 0 Å². The fourth-order valence-corrected chi connectivity index (χ4v) is 2.12. The molecule has 2 aromatic rings. The van der Waals surface area contributed by atoms with Crippen LogP contribution in [0.3, 0.4) is 0 Å². The molecule has 0 bridgehead atoms. The first-order valence-corrected chi connectivity index (χ1v) is 7.05. The van der Waals surface area contributed by atoms with Crippen LogP contribution in [-0.2, 0) is 6.54 Å². The molecule has 2 N–H and O–H groups in total. The van der Waals surface area contributed by atoms with Crippen LogP contribution in [0, 0.1) is 5.92 Å². The number of rotatable bonds is 6. The maximum absolute atomic E-state index is 5.92. The summed E-state index contributed by atoms with van der Waals surface area (Å²) >= 11 is 11.8. The van der Waals surface area contributed by atoms with E-state index in [1.165, 1.54) is 0 Å². The lowest BCUT2D eigenvalue weighted by Crippen LogP contribution is -2.19. The highest BCUT2D eigenvalue weighted by Crippen LogP contribution is 2.24. The minimum atomic E-state index is 0.310. The maximum atomic E-state index is 5.92. The van der Waals surface area contributed by atoms with Crippen molar-refractivity contribution in [2.75, 3.05) is 11.9 Å². The highest BCUT2D eigenvalue weighted by Gasteiger charge is 2.07. The molecule has 7 heteroatoms. The predicted octanol–water partition coefficient (Wildman–Crippen LogP) is 3.87. The van der Waals surface area contributed by atoms with Crippen molar-refractivity contribution in [1.29, 1.82) is 0 Å². The molecule has 0 spiro atoms. The molecule has 5 nitrogen and oxygen atoms in total. The lowest BCUT2D eigenvalue weighted by atomic mass is 10.2. The molecule has 0 aliphatic carbocycles. The molecule has 0 amide bonds. The van der Waals surface area contributed by atoms with Crippen LogP contribution in [0.15, 0.2) is 22.6 Å². The summed E-state index contributed by atoms with van der Waals surface area (Å²) in [7, 11) is 0. The topological polar surface area (TPSA) is 63.0 Å². The largest absolute Gasteiger partial charge is 0.406 e. The van der Waals surface area contributed by atoms with Crippen LogP contribution in [0.5, 0.6) is 0 Å². The summed E-state index contributed by atoms with van der Waals surface area (Å²) in [5.74, 6) is 1.10. The third kappa shape index (κ3) is 4.67. The number of hydrogen-bond donors (Lipinski definition) is 2. The minimum Gasteiger partial charge on any atom is -0.406 e. The number of benzene rings is 1. The van der Waals surface area contributed by atoms with E-state index in [0.29, 0.717) is 40.1 Å². The molecule has 0 aliphatic heterocycles. The molecule has 0 atom stereocenters. The average molecular weight is 315 g/mol. The smallest absolute Gasteiger partial charge is 0.320 e. The van der Waals surface area contributed by atoms with Crippen molar-refractivity contribution < 1.29 is 4.42 Å². The van der Waals surface area contributed by atoms with Crippen molar-refractivity contribution in [1.82, 2.24) is 15.5 Å². The average Bonchev–Trinajstić information content (AvgIpc) is 2.74. The summed E-state index contributed by atoms with van der Waals surface area (Å²) in [5.41, 5.74) is 0.702. The molecule has 1 aromatic carbocycles. The van der Waals surface area contributed by atoms with Gasteiger partial charge in [0.25, 0.3) is 0 Å². The number of aromatic nitrogens is 2. The Bertz CT molecular complexity index is 551. The first kappa shape index (κ1) is 15.1. The van der Waals surface area contributed by atoms with E-state index < -0.39 is 0 Å². The van der Waals surface area contributed by atoms with Gasteiger partial charge in [-0.3, -0.25) is 0 Å². The normalized spacial score (nSPS) is 11.1. The molecular formula is C13H16Cl2N4O. The molecule has 0 radical (unpaired) electrons. The van der Waals surface area contributed by atoms with E-state index in [4.69, 9.17) is 27.6 Å². The number of nitrogens with one attached hydrogen (secondary N) is 2. The molecular weight excluding hydrogens is 299 g/mol. The van der Waals surface area contributed by atoms with E-state index in [1.54, 1.807) is 18.2 Å². The van der Waals surface area contributed by atoms with Gasteiger partial charge in [-0.15, -0.1) is 5.10 Å². The van der Waals surface area contributed by atoms with Gasteiger partial charge in [0.2, 0.25) is 5.89 Å². The molecule has 108 valence electrons. The molecule has 0 fully saturated rings. The second-order valence-corrected chi connectivity index (χ2v) is 5.68. The van der Waals surface area contributed by atoms with E-state index in [-0.39, 0.29) is 0 Å². The van der Waals surface area contributed by atoms with Crippen molar-refractivity contribution in [2.24, 2.45) is 5.92 Å². The summed E-state index contributed by atoms with van der Waals surface area (Å²) < 4.78 is 5.47. The summed E-state index contributed by atoms with van der Waals surface area (Å²) in [4.78, 5) is 0. The lowest BCUT2D eigenvalue weighted by Gasteiger charge is -2.04. The van der Waals surface area contributed by atoms with Crippen molar-refractivity contribution >= 4 is 34.9 Å². The van der Waals surface area contributed by atoms with Crippen molar-refractivity contribution in [3.05, 3.63) is 34.1 Å². The number of anilines is 2. The molecule has 0 saturated heterocycles. The number of hydrogen-bond acceptors (Lipinski definition) is 5. The Morgan fingerprint density at radius 1 is 1.15 bits per heavy atom. The zero-order chi connectivity index (χ0) is 14.5. The Labute approximate surface area is 127 Å². The van der Waals surface area contributed by atoms with Crippen LogP contribution in [0.4, 0.5) is 11.7 Å². The molecule has 0 aliphatic rings. The van der Waals surface area contributed by atoms with Crippen molar-refractivity contribution in [3.8, 4) is 0 Å². The van der Waals surface area contributed by atoms with Gasteiger partial charge < -0.3 is 15.1 Å². The van der Waals surface area contributed by atoms with E-state index >= 15 is 0 Å². The number of halogens is 2. The molecule has 1 aromatic heterocycles. The molecule has 20 heavy (non-hydrogen) atoms. The fourth-order valence-electron chi connectivity index (χ4n) is 1.59. The monoisotopic (exact) mass is 314 g/mol. The zero-order valence-corrected chi connectivity index (χ0v) is 12.8.